The quantitative estimate of drug-likeness (QED) is 0.414. The van der Waals surface area contributed by atoms with Crippen molar-refractivity contribution in [1.82, 2.24) is 30.0 Å². The minimum atomic E-state index is 0.102. The Hall–Kier alpha value is -4.05. The van der Waals surface area contributed by atoms with Gasteiger partial charge in [0.2, 0.25) is 11.7 Å². The lowest BCUT2D eigenvalue weighted by Crippen LogP contribution is -2.41. The molecule has 0 spiro atoms. The van der Waals surface area contributed by atoms with E-state index in [9.17, 15) is 4.79 Å². The molecule has 2 aromatic carbocycles. The zero-order valence-corrected chi connectivity index (χ0v) is 18.8. The van der Waals surface area contributed by atoms with E-state index in [-0.39, 0.29) is 5.91 Å². The maximum atomic E-state index is 12.4. The van der Waals surface area contributed by atoms with Crippen LogP contribution in [0.25, 0.3) is 34.6 Å². The molecule has 0 atom stereocenters. The minimum Gasteiger partial charge on any atom is -0.497 e. The number of nitrogens with zero attached hydrogens (tertiary/aromatic N) is 6. The molecule has 5 rings (SSSR count). The SMILES string of the molecule is COc1ccc(/C=C/c2nc(-c3ccc4c(c3)nnn4CCC(=O)N3CCOCC3)no2)cc1. The number of hydrogen-bond donors (Lipinski definition) is 0. The summed E-state index contributed by atoms with van der Waals surface area (Å²) in [5, 5.41) is 12.5. The summed E-state index contributed by atoms with van der Waals surface area (Å²) < 4.78 is 17.6. The Morgan fingerprint density at radius 3 is 2.74 bits per heavy atom. The summed E-state index contributed by atoms with van der Waals surface area (Å²) in [6.07, 6.45) is 4.03. The minimum absolute atomic E-state index is 0.102. The van der Waals surface area contributed by atoms with Gasteiger partial charge in [-0.1, -0.05) is 22.5 Å². The van der Waals surface area contributed by atoms with Crippen LogP contribution in [0.5, 0.6) is 5.75 Å². The van der Waals surface area contributed by atoms with Crippen LogP contribution in [0.15, 0.2) is 47.0 Å². The Balaban J connectivity index is 1.25. The highest BCUT2D eigenvalue weighted by atomic mass is 16.5. The summed E-state index contributed by atoms with van der Waals surface area (Å²) >= 11 is 0. The van der Waals surface area contributed by atoms with Crippen LogP contribution in [0.2, 0.25) is 0 Å². The Kier molecular flexibility index (Phi) is 6.30. The van der Waals surface area contributed by atoms with Crippen molar-refractivity contribution < 1.29 is 18.8 Å². The number of methoxy groups -OCH3 is 1. The van der Waals surface area contributed by atoms with Crippen LogP contribution >= 0.6 is 0 Å². The Labute approximate surface area is 195 Å². The van der Waals surface area contributed by atoms with E-state index < -0.39 is 0 Å². The zero-order chi connectivity index (χ0) is 23.3. The molecule has 0 radical (unpaired) electrons. The molecule has 3 heterocycles. The molecule has 1 saturated heterocycles. The third-order valence-corrected chi connectivity index (χ3v) is 5.65. The maximum absolute atomic E-state index is 12.4. The second kappa shape index (κ2) is 9.84. The highest BCUT2D eigenvalue weighted by Crippen LogP contribution is 2.22. The van der Waals surface area contributed by atoms with Crippen molar-refractivity contribution in [3.05, 3.63) is 53.9 Å². The number of benzene rings is 2. The van der Waals surface area contributed by atoms with E-state index in [0.717, 1.165) is 22.4 Å². The van der Waals surface area contributed by atoms with Crippen molar-refractivity contribution in [2.45, 2.75) is 13.0 Å². The van der Waals surface area contributed by atoms with Gasteiger partial charge in [-0.3, -0.25) is 4.79 Å². The molecule has 4 aromatic rings. The molecule has 1 aliphatic heterocycles. The normalized spacial score (nSPS) is 14.2. The van der Waals surface area contributed by atoms with E-state index in [0.29, 0.717) is 56.5 Å². The summed E-state index contributed by atoms with van der Waals surface area (Å²) in [6.45, 7) is 2.94. The molecule has 0 unspecified atom stereocenters. The van der Waals surface area contributed by atoms with Crippen molar-refractivity contribution in [3.8, 4) is 17.1 Å². The highest BCUT2D eigenvalue weighted by Gasteiger charge is 2.17. The molecule has 2 aromatic heterocycles. The lowest BCUT2D eigenvalue weighted by molar-refractivity contribution is -0.135. The molecule has 1 aliphatic rings. The molecule has 174 valence electrons. The maximum Gasteiger partial charge on any atom is 0.250 e. The average molecular weight is 460 g/mol. The fourth-order valence-electron chi connectivity index (χ4n) is 3.75. The summed E-state index contributed by atoms with van der Waals surface area (Å²) in [6, 6.07) is 13.3. The first-order valence-electron chi connectivity index (χ1n) is 11.0. The van der Waals surface area contributed by atoms with Crippen LogP contribution in [0.4, 0.5) is 0 Å². The van der Waals surface area contributed by atoms with E-state index in [1.165, 1.54) is 0 Å². The second-order valence-corrected chi connectivity index (χ2v) is 7.82. The fraction of sp³-hybridized carbons (Fsp3) is 0.292. The van der Waals surface area contributed by atoms with Gasteiger partial charge in [-0.15, -0.1) is 5.10 Å². The van der Waals surface area contributed by atoms with Gasteiger partial charge in [0.05, 0.1) is 32.4 Å². The molecular weight excluding hydrogens is 436 g/mol. The molecule has 0 saturated carbocycles. The number of carbonyl (C=O) groups is 1. The number of hydrogen-bond acceptors (Lipinski definition) is 8. The van der Waals surface area contributed by atoms with Crippen molar-refractivity contribution in [1.29, 1.82) is 0 Å². The fourth-order valence-corrected chi connectivity index (χ4v) is 3.75. The van der Waals surface area contributed by atoms with E-state index in [1.54, 1.807) is 17.9 Å². The van der Waals surface area contributed by atoms with Gasteiger partial charge in [0, 0.05) is 31.1 Å². The Morgan fingerprint density at radius 1 is 1.12 bits per heavy atom. The topological polar surface area (TPSA) is 108 Å². The van der Waals surface area contributed by atoms with Gasteiger partial charge in [-0.2, -0.15) is 4.98 Å². The van der Waals surface area contributed by atoms with Gasteiger partial charge in [-0.05, 0) is 42.0 Å². The number of aryl methyl sites for hydroxylation is 1. The second-order valence-electron chi connectivity index (χ2n) is 7.82. The third kappa shape index (κ3) is 4.81. The zero-order valence-electron chi connectivity index (χ0n) is 18.8. The predicted octanol–water partition coefficient (Wildman–Crippen LogP) is 2.91. The number of carbonyl (C=O) groups excluding carboxylic acids is 1. The summed E-state index contributed by atoms with van der Waals surface area (Å²) in [7, 11) is 1.64. The van der Waals surface area contributed by atoms with Crippen LogP contribution in [0, 0.1) is 0 Å². The van der Waals surface area contributed by atoms with E-state index in [4.69, 9.17) is 14.0 Å². The van der Waals surface area contributed by atoms with E-state index >= 15 is 0 Å². The molecule has 1 amide bonds. The molecule has 0 N–H and O–H groups in total. The van der Waals surface area contributed by atoms with E-state index in [2.05, 4.69) is 20.5 Å². The largest absolute Gasteiger partial charge is 0.497 e. The smallest absolute Gasteiger partial charge is 0.250 e. The number of aromatic nitrogens is 5. The van der Waals surface area contributed by atoms with Crippen LogP contribution in [0.3, 0.4) is 0 Å². The molecule has 10 heteroatoms. The number of amides is 1. The summed E-state index contributed by atoms with van der Waals surface area (Å²) in [5.41, 5.74) is 3.32. The van der Waals surface area contributed by atoms with Crippen LogP contribution in [-0.2, 0) is 16.1 Å². The Morgan fingerprint density at radius 2 is 1.94 bits per heavy atom. The van der Waals surface area contributed by atoms with Crippen molar-refractivity contribution in [2.75, 3.05) is 33.4 Å². The summed E-state index contributed by atoms with van der Waals surface area (Å²) in [5.74, 6) is 1.77. The monoisotopic (exact) mass is 460 g/mol. The molecule has 0 aliphatic carbocycles. The lowest BCUT2D eigenvalue weighted by atomic mass is 10.2. The highest BCUT2D eigenvalue weighted by molar-refractivity contribution is 5.80. The van der Waals surface area contributed by atoms with Crippen molar-refractivity contribution >= 4 is 29.1 Å². The molecule has 1 fully saturated rings. The standard InChI is InChI=1S/C24H24N6O4/c1-32-19-6-2-17(3-7-19)4-9-22-25-24(27-34-22)18-5-8-21-20(16-18)26-28-30(21)11-10-23(31)29-12-14-33-15-13-29/h2-9,16H,10-15H2,1H3/b9-4+. The predicted molar refractivity (Wildman–Crippen MR) is 125 cm³/mol. The van der Waals surface area contributed by atoms with Crippen molar-refractivity contribution in [2.24, 2.45) is 0 Å². The number of morpholine rings is 1. The van der Waals surface area contributed by atoms with Crippen LogP contribution < -0.4 is 4.74 Å². The van der Waals surface area contributed by atoms with Gasteiger partial charge in [0.1, 0.15) is 11.3 Å². The summed E-state index contributed by atoms with van der Waals surface area (Å²) in [4.78, 5) is 18.7. The molecular formula is C24H24N6O4. The Bertz CT molecular complexity index is 1300. The van der Waals surface area contributed by atoms with Gasteiger partial charge >= 0.3 is 0 Å². The first-order chi connectivity index (χ1) is 16.7. The lowest BCUT2D eigenvalue weighted by Gasteiger charge is -2.26. The first kappa shape index (κ1) is 21.8. The molecule has 34 heavy (non-hydrogen) atoms. The van der Waals surface area contributed by atoms with Crippen molar-refractivity contribution in [3.63, 3.8) is 0 Å². The average Bonchev–Trinajstić information content (AvgIpc) is 3.53. The molecule has 0 bridgehead atoms. The first-order valence-corrected chi connectivity index (χ1v) is 11.0. The number of fused-ring (bicyclic) bond motifs is 1. The number of ether oxygens (including phenoxy) is 2. The van der Waals surface area contributed by atoms with Gasteiger partial charge in [0.15, 0.2) is 0 Å². The molecule has 10 nitrogen and oxygen atoms in total. The number of rotatable bonds is 7. The van der Waals surface area contributed by atoms with Crippen LogP contribution in [0.1, 0.15) is 17.9 Å². The van der Waals surface area contributed by atoms with Gasteiger partial charge < -0.3 is 18.9 Å². The van der Waals surface area contributed by atoms with E-state index in [1.807, 2.05) is 53.4 Å². The van der Waals surface area contributed by atoms with Gasteiger partial charge in [-0.25, -0.2) is 4.68 Å². The third-order valence-electron chi connectivity index (χ3n) is 5.65. The van der Waals surface area contributed by atoms with Crippen LogP contribution in [-0.4, -0.2) is 69.4 Å². The van der Waals surface area contributed by atoms with Gasteiger partial charge in [0.25, 0.3) is 5.89 Å².